The van der Waals surface area contributed by atoms with Crippen LogP contribution < -0.4 is 16.6 Å². The second-order valence-electron chi connectivity index (χ2n) is 6.26. The summed E-state index contributed by atoms with van der Waals surface area (Å²) in [5.74, 6) is 0.433. The van der Waals surface area contributed by atoms with Gasteiger partial charge in [0.25, 0.3) is 5.56 Å². The largest absolute Gasteiger partial charge is 0.392 e. The molecule has 9 heteroatoms. The molecule has 1 atom stereocenters. The Balaban J connectivity index is 2.22. The molecule has 0 amide bonds. The first-order chi connectivity index (χ1) is 12.3. The van der Waals surface area contributed by atoms with Crippen LogP contribution in [-0.2, 0) is 20.6 Å². The monoisotopic (exact) mass is 421 g/mol. The molecule has 3 rings (SSSR count). The minimum absolute atomic E-state index is 0.276. The molecule has 0 bridgehead atoms. The van der Waals surface area contributed by atoms with Crippen molar-refractivity contribution in [3.8, 4) is 0 Å². The van der Waals surface area contributed by atoms with Crippen LogP contribution in [0.2, 0.25) is 0 Å². The number of aliphatic hydroxyl groups excluding tert-OH is 1. The number of rotatable bonds is 5. The molecule has 0 fully saturated rings. The van der Waals surface area contributed by atoms with Gasteiger partial charge < -0.3 is 10.4 Å². The fourth-order valence-electron chi connectivity index (χ4n) is 2.75. The highest BCUT2D eigenvalue weighted by atomic mass is 79.9. The van der Waals surface area contributed by atoms with Gasteiger partial charge in [-0.1, -0.05) is 28.1 Å². The molecular formula is C17H20BrN5O3. The van der Waals surface area contributed by atoms with Gasteiger partial charge in [0.1, 0.15) is 0 Å². The number of imidazole rings is 1. The van der Waals surface area contributed by atoms with E-state index in [-0.39, 0.29) is 6.54 Å². The lowest BCUT2D eigenvalue weighted by molar-refractivity contribution is 0.208. The maximum Gasteiger partial charge on any atom is 0.332 e. The average molecular weight is 422 g/mol. The second kappa shape index (κ2) is 7.08. The smallest absolute Gasteiger partial charge is 0.332 e. The summed E-state index contributed by atoms with van der Waals surface area (Å²) in [5.41, 5.74) is 0.785. The van der Waals surface area contributed by atoms with Crippen molar-refractivity contribution < 1.29 is 5.11 Å². The van der Waals surface area contributed by atoms with E-state index in [4.69, 9.17) is 0 Å². The van der Waals surface area contributed by atoms with Gasteiger partial charge in [0.15, 0.2) is 11.2 Å². The van der Waals surface area contributed by atoms with Crippen molar-refractivity contribution in [2.24, 2.45) is 14.1 Å². The van der Waals surface area contributed by atoms with Gasteiger partial charge in [-0.15, -0.1) is 0 Å². The second-order valence-corrected chi connectivity index (χ2v) is 7.17. The fourth-order valence-corrected chi connectivity index (χ4v) is 3.01. The number of aromatic nitrogens is 4. The van der Waals surface area contributed by atoms with E-state index in [9.17, 15) is 14.7 Å². The lowest BCUT2D eigenvalue weighted by Crippen LogP contribution is -2.37. The summed E-state index contributed by atoms with van der Waals surface area (Å²) in [5, 5.41) is 12.6. The summed E-state index contributed by atoms with van der Waals surface area (Å²) in [4.78, 5) is 29.4. The Bertz CT molecular complexity index is 1060. The molecule has 138 valence electrons. The quantitative estimate of drug-likeness (QED) is 0.641. The third-order valence-electron chi connectivity index (χ3n) is 4.16. The van der Waals surface area contributed by atoms with Gasteiger partial charge in [-0.25, -0.2) is 4.79 Å². The molecule has 1 aromatic carbocycles. The zero-order valence-corrected chi connectivity index (χ0v) is 16.3. The van der Waals surface area contributed by atoms with Crippen molar-refractivity contribution in [3.05, 3.63) is 55.1 Å². The predicted octanol–water partition coefficient (Wildman–Crippen LogP) is 1.04. The van der Waals surface area contributed by atoms with Crippen molar-refractivity contribution in [1.29, 1.82) is 0 Å². The Morgan fingerprint density at radius 2 is 1.85 bits per heavy atom. The molecular weight excluding hydrogens is 402 g/mol. The molecule has 3 aromatic rings. The van der Waals surface area contributed by atoms with Crippen LogP contribution in [0.15, 0.2) is 38.3 Å². The number of nitrogens with zero attached hydrogens (tertiary/aromatic N) is 4. The first kappa shape index (κ1) is 18.4. The number of aliphatic hydroxyl groups is 1. The maximum atomic E-state index is 12.7. The highest BCUT2D eigenvalue weighted by molar-refractivity contribution is 9.10. The molecule has 0 unspecified atom stereocenters. The number of halogens is 1. The first-order valence-corrected chi connectivity index (χ1v) is 8.91. The Morgan fingerprint density at radius 3 is 2.46 bits per heavy atom. The van der Waals surface area contributed by atoms with Crippen molar-refractivity contribution >= 4 is 33.0 Å². The van der Waals surface area contributed by atoms with E-state index in [1.807, 2.05) is 24.3 Å². The number of nitrogens with one attached hydrogen (secondary N) is 1. The summed E-state index contributed by atoms with van der Waals surface area (Å²) >= 11 is 3.41. The molecule has 0 spiro atoms. The van der Waals surface area contributed by atoms with Gasteiger partial charge in [-0.3, -0.25) is 18.5 Å². The molecule has 8 nitrogen and oxygen atoms in total. The van der Waals surface area contributed by atoms with E-state index in [0.717, 1.165) is 14.6 Å². The van der Waals surface area contributed by atoms with Crippen LogP contribution in [-0.4, -0.2) is 36.4 Å². The molecule has 0 saturated carbocycles. The van der Waals surface area contributed by atoms with Gasteiger partial charge >= 0.3 is 5.69 Å². The number of hydrogen-bond donors (Lipinski definition) is 2. The minimum Gasteiger partial charge on any atom is -0.392 e. The predicted molar refractivity (Wildman–Crippen MR) is 104 cm³/mol. The number of benzene rings is 1. The van der Waals surface area contributed by atoms with Gasteiger partial charge in [0.05, 0.1) is 12.6 Å². The Labute approximate surface area is 157 Å². The van der Waals surface area contributed by atoms with Crippen molar-refractivity contribution in [3.63, 3.8) is 0 Å². The van der Waals surface area contributed by atoms with E-state index >= 15 is 0 Å². The summed E-state index contributed by atoms with van der Waals surface area (Å²) in [6.07, 6.45) is -0.581. The third-order valence-corrected chi connectivity index (χ3v) is 4.69. The van der Waals surface area contributed by atoms with E-state index in [1.54, 1.807) is 18.5 Å². The molecule has 0 aliphatic heterocycles. The fraction of sp³-hybridized carbons (Fsp3) is 0.353. The number of fused-ring (bicyclic) bond motifs is 1. The molecule has 0 aliphatic rings. The molecule has 2 N–H and O–H groups in total. The molecule has 2 heterocycles. The number of hydrogen-bond acceptors (Lipinski definition) is 5. The van der Waals surface area contributed by atoms with E-state index < -0.39 is 17.4 Å². The summed E-state index contributed by atoms with van der Waals surface area (Å²) in [6.45, 7) is 2.33. The lowest BCUT2D eigenvalue weighted by Gasteiger charge is -2.12. The van der Waals surface area contributed by atoms with Crippen molar-refractivity contribution in [2.45, 2.75) is 19.6 Å². The summed E-state index contributed by atoms with van der Waals surface area (Å²) in [6, 6.07) is 7.73. The summed E-state index contributed by atoms with van der Waals surface area (Å²) < 4.78 is 5.12. The van der Waals surface area contributed by atoms with Crippen molar-refractivity contribution in [1.82, 2.24) is 18.7 Å². The Morgan fingerprint density at radius 1 is 1.19 bits per heavy atom. The molecule has 0 radical (unpaired) electrons. The maximum absolute atomic E-state index is 12.7. The molecule has 0 aliphatic carbocycles. The molecule has 0 saturated heterocycles. The van der Waals surface area contributed by atoms with Crippen LogP contribution in [0.25, 0.3) is 11.2 Å². The highest BCUT2D eigenvalue weighted by Gasteiger charge is 2.19. The Kier molecular flexibility index (Phi) is 5.01. The van der Waals surface area contributed by atoms with Gasteiger partial charge in [0.2, 0.25) is 5.95 Å². The molecule has 26 heavy (non-hydrogen) atoms. The third kappa shape index (κ3) is 3.32. The first-order valence-electron chi connectivity index (χ1n) is 8.12. The van der Waals surface area contributed by atoms with Gasteiger partial charge in [-0.05, 0) is 24.6 Å². The molecule has 2 aromatic heterocycles. The van der Waals surface area contributed by atoms with E-state index in [2.05, 4.69) is 26.2 Å². The normalized spacial score (nSPS) is 12.5. The van der Waals surface area contributed by atoms with Crippen LogP contribution in [0, 0.1) is 0 Å². The zero-order chi connectivity index (χ0) is 19.0. The van der Waals surface area contributed by atoms with E-state index in [0.29, 0.717) is 23.7 Å². The van der Waals surface area contributed by atoms with Crippen LogP contribution >= 0.6 is 15.9 Å². The topological polar surface area (TPSA) is 94.1 Å². The average Bonchev–Trinajstić information content (AvgIpc) is 2.96. The standard InChI is InChI=1S/C17H20BrN5O3/c1-10(24)8-19-16-20-14-13(15(25)22(3)17(26)21(14)2)23(16)9-11-4-6-12(18)7-5-11/h4-7,10,24H,8-9H2,1-3H3,(H,19,20)/t10-/m1/s1. The van der Waals surface area contributed by atoms with Gasteiger partial charge in [0, 0.05) is 25.1 Å². The lowest BCUT2D eigenvalue weighted by atomic mass is 10.2. The van der Waals surface area contributed by atoms with Crippen LogP contribution in [0.3, 0.4) is 0 Å². The Hall–Kier alpha value is -2.39. The minimum atomic E-state index is -0.581. The zero-order valence-electron chi connectivity index (χ0n) is 14.7. The van der Waals surface area contributed by atoms with Crippen LogP contribution in [0.5, 0.6) is 0 Å². The highest BCUT2D eigenvalue weighted by Crippen LogP contribution is 2.19. The van der Waals surface area contributed by atoms with Crippen molar-refractivity contribution in [2.75, 3.05) is 11.9 Å². The van der Waals surface area contributed by atoms with Crippen LogP contribution in [0.1, 0.15) is 12.5 Å². The van der Waals surface area contributed by atoms with E-state index in [1.165, 1.54) is 11.6 Å². The van der Waals surface area contributed by atoms with Gasteiger partial charge in [-0.2, -0.15) is 4.98 Å². The number of anilines is 1. The SMILES string of the molecule is C[C@@H](O)CNc1nc2c(c(=O)n(C)c(=O)n2C)n1Cc1ccc(Br)cc1. The number of aryl methyl sites for hydroxylation is 1. The summed E-state index contributed by atoms with van der Waals surface area (Å²) in [7, 11) is 3.03. The van der Waals surface area contributed by atoms with Crippen LogP contribution in [0.4, 0.5) is 5.95 Å².